The third kappa shape index (κ3) is 7.06. The number of anilines is 1. The number of rotatable bonds is 8. The van der Waals surface area contributed by atoms with Gasteiger partial charge in [0.15, 0.2) is 0 Å². The molecule has 1 amide bonds. The Morgan fingerprint density at radius 2 is 1.77 bits per heavy atom. The van der Waals surface area contributed by atoms with E-state index in [1.807, 2.05) is 54.6 Å². The summed E-state index contributed by atoms with van der Waals surface area (Å²) in [7, 11) is 4.27. The first kappa shape index (κ1) is 23.3. The molecule has 6 nitrogen and oxygen atoms in total. The van der Waals surface area contributed by atoms with Crippen LogP contribution in [0.1, 0.15) is 19.8 Å². The number of carbonyl (C=O) groups excluding carboxylic acids is 1. The van der Waals surface area contributed by atoms with Crippen LogP contribution in [0.2, 0.25) is 0 Å². The van der Waals surface area contributed by atoms with Crippen molar-refractivity contribution in [2.45, 2.75) is 32.0 Å². The van der Waals surface area contributed by atoms with Gasteiger partial charge >= 0.3 is 6.09 Å². The lowest BCUT2D eigenvalue weighted by Gasteiger charge is -2.35. The Morgan fingerprint density at radius 1 is 1.13 bits per heavy atom. The summed E-state index contributed by atoms with van der Waals surface area (Å²) in [6.07, 6.45) is 0.716. The largest absolute Gasteiger partial charge is 0.446 e. The molecule has 1 aliphatic heterocycles. The smallest absolute Gasteiger partial charge is 0.411 e. The number of benzene rings is 2. The number of hydrogen-bond donors (Lipinski definition) is 2. The number of piperidine rings is 1. The van der Waals surface area contributed by atoms with Gasteiger partial charge in [0, 0.05) is 25.2 Å². The van der Waals surface area contributed by atoms with Crippen molar-refractivity contribution >= 4 is 11.8 Å². The van der Waals surface area contributed by atoms with Gasteiger partial charge in [0.05, 0.1) is 26.3 Å². The van der Waals surface area contributed by atoms with Crippen LogP contribution in [0.4, 0.5) is 10.5 Å². The molecule has 1 saturated heterocycles. The number of carbonyl (C=O) groups is 1. The molecule has 2 aromatic carbocycles. The number of nitrogens with zero attached hydrogens (tertiary/aromatic N) is 2. The molecule has 168 valence electrons. The second kappa shape index (κ2) is 10.8. The van der Waals surface area contributed by atoms with Gasteiger partial charge in [-0.05, 0) is 31.4 Å². The predicted molar refractivity (Wildman–Crippen MR) is 125 cm³/mol. The van der Waals surface area contributed by atoms with E-state index >= 15 is 0 Å². The van der Waals surface area contributed by atoms with Gasteiger partial charge in [-0.15, -0.1) is 0 Å². The normalized spacial score (nSPS) is 16.6. The fourth-order valence-electron chi connectivity index (χ4n) is 4.02. The lowest BCUT2D eigenvalue weighted by atomic mass is 10.0. The number of hydrogen-bond acceptors (Lipinski definition) is 4. The number of para-hydroxylation sites is 1. The highest BCUT2D eigenvalue weighted by Gasteiger charge is 2.26. The molecule has 1 heterocycles. The first-order valence-corrected chi connectivity index (χ1v) is 11.2. The van der Waals surface area contributed by atoms with Crippen molar-refractivity contribution in [2.24, 2.45) is 0 Å². The Hall–Kier alpha value is -2.41. The minimum absolute atomic E-state index is 0.0971. The van der Waals surface area contributed by atoms with Gasteiger partial charge in [0.1, 0.15) is 18.8 Å². The standard InChI is InChI=1S/C25H35N3O3/c1-4-28(2,3)19-21(29)18-27-16-14-22(15-17-27)31-25(30)26-24-13-9-8-12-23(24)20-10-6-5-7-11-20/h5-13,21-22,29H,4,14-19H2,1-3H3/p+1. The Morgan fingerprint density at radius 3 is 2.45 bits per heavy atom. The van der Waals surface area contributed by atoms with E-state index in [0.29, 0.717) is 6.54 Å². The first-order valence-electron chi connectivity index (χ1n) is 11.2. The monoisotopic (exact) mass is 426 g/mol. The van der Waals surface area contributed by atoms with Crippen molar-refractivity contribution in [2.75, 3.05) is 52.1 Å². The fraction of sp³-hybridized carbons (Fsp3) is 0.480. The van der Waals surface area contributed by atoms with Gasteiger partial charge in [0.25, 0.3) is 0 Å². The molecule has 1 fully saturated rings. The van der Waals surface area contributed by atoms with Crippen LogP contribution < -0.4 is 5.32 Å². The van der Waals surface area contributed by atoms with Crippen LogP contribution in [0.15, 0.2) is 54.6 Å². The second-order valence-corrected chi connectivity index (χ2v) is 9.03. The zero-order chi connectivity index (χ0) is 22.3. The number of aliphatic hydroxyl groups excluding tert-OH is 1. The van der Waals surface area contributed by atoms with Crippen molar-refractivity contribution < 1.29 is 19.1 Å². The van der Waals surface area contributed by atoms with E-state index in [0.717, 1.165) is 60.3 Å². The molecule has 0 saturated carbocycles. The minimum atomic E-state index is -0.413. The van der Waals surface area contributed by atoms with E-state index in [-0.39, 0.29) is 12.2 Å². The van der Waals surface area contributed by atoms with E-state index in [2.05, 4.69) is 31.2 Å². The van der Waals surface area contributed by atoms with E-state index in [9.17, 15) is 9.90 Å². The second-order valence-electron chi connectivity index (χ2n) is 9.03. The van der Waals surface area contributed by atoms with Gasteiger partial charge in [-0.25, -0.2) is 4.79 Å². The Kier molecular flexibility index (Phi) is 8.07. The van der Waals surface area contributed by atoms with Gasteiger partial charge in [-0.3, -0.25) is 5.32 Å². The molecule has 1 unspecified atom stereocenters. The molecule has 2 aromatic rings. The first-order chi connectivity index (χ1) is 14.9. The summed E-state index contributed by atoms with van der Waals surface area (Å²) in [5.41, 5.74) is 2.77. The average molecular weight is 427 g/mol. The Bertz CT molecular complexity index is 833. The molecule has 6 heteroatoms. The summed E-state index contributed by atoms with van der Waals surface area (Å²) in [5.74, 6) is 0. The number of amides is 1. The zero-order valence-electron chi connectivity index (χ0n) is 19.0. The summed E-state index contributed by atoms with van der Waals surface area (Å²) < 4.78 is 6.51. The van der Waals surface area contributed by atoms with Crippen molar-refractivity contribution in [3.8, 4) is 11.1 Å². The molecule has 0 radical (unpaired) electrons. The molecule has 1 aliphatic rings. The number of β-amino-alcohol motifs (C(OH)–C–C–N with tert-alkyl or cyclic N) is 1. The van der Waals surface area contributed by atoms with Gasteiger partial charge in [-0.2, -0.15) is 0 Å². The third-order valence-corrected chi connectivity index (χ3v) is 6.09. The summed E-state index contributed by atoms with van der Waals surface area (Å²) in [6.45, 7) is 6.21. The number of likely N-dealkylation sites (tertiary alicyclic amines) is 1. The maximum atomic E-state index is 12.5. The van der Waals surface area contributed by atoms with Gasteiger partial charge in [0.2, 0.25) is 0 Å². The maximum Gasteiger partial charge on any atom is 0.411 e. The molecular formula is C25H36N3O3+. The third-order valence-electron chi connectivity index (χ3n) is 6.09. The van der Waals surface area contributed by atoms with E-state index in [1.165, 1.54) is 0 Å². The van der Waals surface area contributed by atoms with Crippen LogP contribution in [0.25, 0.3) is 11.1 Å². The minimum Gasteiger partial charge on any atom is -0.446 e. The fourth-order valence-corrected chi connectivity index (χ4v) is 4.02. The van der Waals surface area contributed by atoms with Crippen LogP contribution in [-0.4, -0.2) is 79.6 Å². The number of aliphatic hydroxyl groups is 1. The van der Waals surface area contributed by atoms with Crippen molar-refractivity contribution in [1.82, 2.24) is 4.90 Å². The molecule has 31 heavy (non-hydrogen) atoms. The molecular weight excluding hydrogens is 390 g/mol. The quantitative estimate of drug-likeness (QED) is 0.630. The molecule has 1 atom stereocenters. The summed E-state index contributed by atoms with van der Waals surface area (Å²) in [5, 5.41) is 13.3. The molecule has 0 spiro atoms. The number of likely N-dealkylation sites (N-methyl/N-ethyl adjacent to an activating group) is 1. The summed E-state index contributed by atoms with van der Waals surface area (Å²) in [4.78, 5) is 14.8. The van der Waals surface area contributed by atoms with Crippen LogP contribution >= 0.6 is 0 Å². The molecule has 3 rings (SSSR count). The SMILES string of the molecule is CC[N+](C)(C)CC(O)CN1CCC(OC(=O)Nc2ccccc2-c2ccccc2)CC1. The van der Waals surface area contributed by atoms with E-state index in [4.69, 9.17) is 4.74 Å². The Labute approximate surface area is 186 Å². The van der Waals surface area contributed by atoms with E-state index in [1.54, 1.807) is 0 Å². The number of nitrogens with one attached hydrogen (secondary N) is 1. The highest BCUT2D eigenvalue weighted by atomic mass is 16.6. The molecule has 0 aliphatic carbocycles. The highest BCUT2D eigenvalue weighted by molar-refractivity contribution is 5.91. The van der Waals surface area contributed by atoms with Gasteiger partial charge in [-0.1, -0.05) is 48.5 Å². The van der Waals surface area contributed by atoms with Gasteiger partial charge < -0.3 is 19.2 Å². The molecule has 2 N–H and O–H groups in total. The lowest BCUT2D eigenvalue weighted by molar-refractivity contribution is -0.891. The number of quaternary nitrogens is 1. The molecule has 0 bridgehead atoms. The lowest BCUT2D eigenvalue weighted by Crippen LogP contribution is -2.49. The zero-order valence-corrected chi connectivity index (χ0v) is 19.0. The predicted octanol–water partition coefficient (Wildman–Crippen LogP) is 3.82. The van der Waals surface area contributed by atoms with Crippen LogP contribution in [0.3, 0.4) is 0 Å². The van der Waals surface area contributed by atoms with Crippen molar-refractivity contribution in [1.29, 1.82) is 0 Å². The number of ether oxygens (including phenoxy) is 1. The topological polar surface area (TPSA) is 61.8 Å². The van der Waals surface area contributed by atoms with Crippen LogP contribution in [0, 0.1) is 0 Å². The highest BCUT2D eigenvalue weighted by Crippen LogP contribution is 2.28. The Balaban J connectivity index is 1.47. The summed E-state index contributed by atoms with van der Waals surface area (Å²) >= 11 is 0. The average Bonchev–Trinajstić information content (AvgIpc) is 2.76. The van der Waals surface area contributed by atoms with Crippen molar-refractivity contribution in [3.63, 3.8) is 0 Å². The van der Waals surface area contributed by atoms with Crippen LogP contribution in [-0.2, 0) is 4.74 Å². The van der Waals surface area contributed by atoms with Crippen molar-refractivity contribution in [3.05, 3.63) is 54.6 Å². The molecule has 0 aromatic heterocycles. The van der Waals surface area contributed by atoms with E-state index < -0.39 is 6.09 Å². The maximum absolute atomic E-state index is 12.5. The summed E-state index contributed by atoms with van der Waals surface area (Å²) in [6, 6.07) is 17.7. The van der Waals surface area contributed by atoms with Crippen LogP contribution in [0.5, 0.6) is 0 Å².